The van der Waals surface area contributed by atoms with Crippen LogP contribution in [0.15, 0.2) is 4.99 Å². The van der Waals surface area contributed by atoms with Gasteiger partial charge in [-0.05, 0) is 13.8 Å². The molecule has 0 aromatic carbocycles. The molecule has 0 amide bonds. The molecule has 6 nitrogen and oxygen atoms in total. The number of nitrogens with one attached hydrogen (secondary N) is 2. The lowest BCUT2D eigenvalue weighted by Crippen LogP contribution is -2.52. The van der Waals surface area contributed by atoms with Crippen LogP contribution in [-0.4, -0.2) is 39.8 Å². The van der Waals surface area contributed by atoms with Gasteiger partial charge >= 0.3 is 0 Å². The summed E-state index contributed by atoms with van der Waals surface area (Å²) in [7, 11) is -1.65. The molecule has 0 aliphatic carbocycles. The van der Waals surface area contributed by atoms with Gasteiger partial charge in [0.25, 0.3) is 0 Å². The number of sulfonamides is 1. The van der Waals surface area contributed by atoms with Gasteiger partial charge in [-0.15, -0.1) is 0 Å². The third kappa shape index (κ3) is 6.67. The van der Waals surface area contributed by atoms with E-state index in [1.807, 2.05) is 0 Å². The van der Waals surface area contributed by atoms with Crippen molar-refractivity contribution in [2.45, 2.75) is 19.4 Å². The van der Waals surface area contributed by atoms with Gasteiger partial charge in [0, 0.05) is 19.1 Å². The zero-order chi connectivity index (χ0) is 11.4. The van der Waals surface area contributed by atoms with Gasteiger partial charge in [0.2, 0.25) is 10.0 Å². The van der Waals surface area contributed by atoms with E-state index in [-0.39, 0.29) is 5.96 Å². The van der Waals surface area contributed by atoms with Crippen molar-refractivity contribution in [2.24, 2.45) is 10.7 Å². The first kappa shape index (κ1) is 13.2. The molecule has 0 saturated carbocycles. The third-order valence-electron chi connectivity index (χ3n) is 1.41. The molecule has 0 heterocycles. The molecule has 0 aromatic rings. The summed E-state index contributed by atoms with van der Waals surface area (Å²) in [6.07, 6.45) is 1.12. The second-order valence-electron chi connectivity index (χ2n) is 3.72. The lowest BCUT2D eigenvalue weighted by atomic mass is 10.1. The number of hydrogen-bond donors (Lipinski definition) is 3. The Labute approximate surface area is 85.0 Å². The molecule has 7 heteroatoms. The largest absolute Gasteiger partial charge is 0.370 e. The highest BCUT2D eigenvalue weighted by atomic mass is 32.2. The average molecular weight is 222 g/mol. The fraction of sp³-hybridized carbons (Fsp3) is 0.857. The van der Waals surface area contributed by atoms with Crippen molar-refractivity contribution in [1.29, 1.82) is 0 Å². The van der Waals surface area contributed by atoms with E-state index in [9.17, 15) is 8.42 Å². The lowest BCUT2D eigenvalue weighted by Gasteiger charge is -2.25. The molecule has 4 N–H and O–H groups in total. The van der Waals surface area contributed by atoms with Crippen molar-refractivity contribution < 1.29 is 8.42 Å². The predicted molar refractivity (Wildman–Crippen MR) is 57.6 cm³/mol. The molecule has 0 aliphatic heterocycles. The van der Waals surface area contributed by atoms with Crippen LogP contribution >= 0.6 is 0 Å². The van der Waals surface area contributed by atoms with E-state index in [0.717, 1.165) is 6.26 Å². The molecule has 0 bridgehead atoms. The fourth-order valence-electron chi connectivity index (χ4n) is 0.929. The predicted octanol–water partition coefficient (Wildman–Crippen LogP) is -1.15. The third-order valence-corrected chi connectivity index (χ3v) is 2.34. The van der Waals surface area contributed by atoms with Gasteiger partial charge in [0.1, 0.15) is 0 Å². The SMILES string of the molecule is CN=C(N)NCC(C)(C)NS(C)(=O)=O. The minimum absolute atomic E-state index is 0.286. The summed E-state index contributed by atoms with van der Waals surface area (Å²) in [5, 5.41) is 2.80. The van der Waals surface area contributed by atoms with E-state index in [1.54, 1.807) is 20.9 Å². The van der Waals surface area contributed by atoms with Crippen molar-refractivity contribution >= 4 is 16.0 Å². The van der Waals surface area contributed by atoms with E-state index in [1.165, 1.54) is 0 Å². The van der Waals surface area contributed by atoms with E-state index < -0.39 is 15.6 Å². The Balaban J connectivity index is 4.22. The van der Waals surface area contributed by atoms with Crippen LogP contribution in [0.5, 0.6) is 0 Å². The van der Waals surface area contributed by atoms with Crippen LogP contribution in [0.3, 0.4) is 0 Å². The Morgan fingerprint density at radius 1 is 1.50 bits per heavy atom. The number of hydrogen-bond acceptors (Lipinski definition) is 3. The van der Waals surface area contributed by atoms with Crippen LogP contribution in [0, 0.1) is 0 Å². The fourth-order valence-corrected chi connectivity index (χ4v) is 2.00. The van der Waals surface area contributed by atoms with Crippen LogP contribution in [0.4, 0.5) is 0 Å². The van der Waals surface area contributed by atoms with Gasteiger partial charge < -0.3 is 11.1 Å². The Hall–Kier alpha value is -0.820. The van der Waals surface area contributed by atoms with Gasteiger partial charge in [-0.1, -0.05) is 0 Å². The summed E-state index contributed by atoms with van der Waals surface area (Å²) >= 11 is 0. The zero-order valence-electron chi connectivity index (χ0n) is 8.96. The summed E-state index contributed by atoms with van der Waals surface area (Å²) in [5.41, 5.74) is 4.81. The Morgan fingerprint density at radius 3 is 2.36 bits per heavy atom. The molecular formula is C7H18N4O2S. The van der Waals surface area contributed by atoms with E-state index in [2.05, 4.69) is 15.0 Å². The second kappa shape index (κ2) is 4.61. The molecule has 0 fully saturated rings. The summed E-state index contributed by atoms with van der Waals surface area (Å²) in [6.45, 7) is 3.89. The number of nitrogens with zero attached hydrogens (tertiary/aromatic N) is 1. The normalized spacial score (nSPS) is 14.1. The molecule has 0 rings (SSSR count). The maximum absolute atomic E-state index is 11.0. The van der Waals surface area contributed by atoms with Crippen LogP contribution in [0.25, 0.3) is 0 Å². The van der Waals surface area contributed by atoms with Crippen LogP contribution in [0.1, 0.15) is 13.8 Å². The summed E-state index contributed by atoms with van der Waals surface area (Å²) < 4.78 is 24.4. The molecule has 0 spiro atoms. The first-order chi connectivity index (χ1) is 6.16. The molecule has 14 heavy (non-hydrogen) atoms. The standard InChI is InChI=1S/C7H18N4O2S/c1-7(2,11-14(4,12)13)5-10-6(8)9-3/h11H,5H2,1-4H3,(H3,8,9,10). The topological polar surface area (TPSA) is 96.6 Å². The minimum Gasteiger partial charge on any atom is -0.370 e. The quantitative estimate of drug-likeness (QED) is 0.413. The van der Waals surface area contributed by atoms with E-state index in [0.29, 0.717) is 6.54 Å². The minimum atomic E-state index is -3.21. The number of aliphatic imine (C=N–C) groups is 1. The van der Waals surface area contributed by atoms with E-state index >= 15 is 0 Å². The smallest absolute Gasteiger partial charge is 0.209 e. The van der Waals surface area contributed by atoms with E-state index in [4.69, 9.17) is 5.73 Å². The lowest BCUT2D eigenvalue weighted by molar-refractivity contribution is 0.448. The van der Waals surface area contributed by atoms with Crippen molar-refractivity contribution in [3.63, 3.8) is 0 Å². The molecule has 0 saturated heterocycles. The summed E-state index contributed by atoms with van der Waals surface area (Å²) in [6, 6.07) is 0. The summed E-state index contributed by atoms with van der Waals surface area (Å²) in [4.78, 5) is 3.69. The Morgan fingerprint density at radius 2 is 2.00 bits per heavy atom. The number of guanidine groups is 1. The van der Waals surface area contributed by atoms with Crippen LogP contribution in [0.2, 0.25) is 0 Å². The van der Waals surface area contributed by atoms with Gasteiger partial charge in [0.15, 0.2) is 5.96 Å². The highest BCUT2D eigenvalue weighted by molar-refractivity contribution is 7.88. The molecule has 0 unspecified atom stereocenters. The molecular weight excluding hydrogens is 204 g/mol. The first-order valence-electron chi connectivity index (χ1n) is 4.11. The van der Waals surface area contributed by atoms with Gasteiger partial charge in [-0.2, -0.15) is 0 Å². The molecule has 84 valence electrons. The van der Waals surface area contributed by atoms with Crippen molar-refractivity contribution in [3.05, 3.63) is 0 Å². The Bertz CT molecular complexity index is 308. The summed E-state index contributed by atoms with van der Waals surface area (Å²) in [5.74, 6) is 0.286. The monoisotopic (exact) mass is 222 g/mol. The maximum Gasteiger partial charge on any atom is 0.209 e. The maximum atomic E-state index is 11.0. The number of nitrogens with two attached hydrogens (primary N) is 1. The molecule has 0 atom stereocenters. The molecule has 0 radical (unpaired) electrons. The van der Waals surface area contributed by atoms with Crippen molar-refractivity contribution in [3.8, 4) is 0 Å². The van der Waals surface area contributed by atoms with Crippen molar-refractivity contribution in [2.75, 3.05) is 19.8 Å². The van der Waals surface area contributed by atoms with Crippen LogP contribution in [-0.2, 0) is 10.0 Å². The first-order valence-corrected chi connectivity index (χ1v) is 6.00. The van der Waals surface area contributed by atoms with Gasteiger partial charge in [-0.25, -0.2) is 13.1 Å². The highest BCUT2D eigenvalue weighted by Crippen LogP contribution is 2.01. The molecule has 0 aliphatic rings. The van der Waals surface area contributed by atoms with Gasteiger partial charge in [-0.3, -0.25) is 4.99 Å². The highest BCUT2D eigenvalue weighted by Gasteiger charge is 2.21. The average Bonchev–Trinajstić information content (AvgIpc) is 1.96. The Kier molecular flexibility index (Phi) is 4.34. The second-order valence-corrected chi connectivity index (χ2v) is 5.47. The van der Waals surface area contributed by atoms with Gasteiger partial charge in [0.05, 0.1) is 6.26 Å². The van der Waals surface area contributed by atoms with Crippen molar-refractivity contribution in [1.82, 2.24) is 10.0 Å². The molecule has 0 aromatic heterocycles. The number of rotatable bonds is 4. The zero-order valence-corrected chi connectivity index (χ0v) is 9.77. The van der Waals surface area contributed by atoms with Crippen LogP contribution < -0.4 is 15.8 Å².